The molecule has 0 saturated carbocycles. The minimum atomic E-state index is -1.03. The minimum Gasteiger partial charge on any atom is -0.478 e. The molecule has 0 heterocycles. The molecule has 0 aliphatic heterocycles. The van der Waals surface area contributed by atoms with Crippen LogP contribution in [0.1, 0.15) is 24.2 Å². The molecule has 3 N–H and O–H groups in total. The quantitative estimate of drug-likeness (QED) is 0.687. The van der Waals surface area contributed by atoms with Crippen molar-refractivity contribution in [2.75, 3.05) is 5.73 Å². The smallest absolute Gasteiger partial charge is 0.335 e. The molecule has 1 rings (SSSR count). The summed E-state index contributed by atoms with van der Waals surface area (Å²) in [5.41, 5.74) is 5.81. The summed E-state index contributed by atoms with van der Waals surface area (Å²) in [6.07, 6.45) is 0. The molecule has 1 aromatic rings. The Balaban J connectivity index is 0.000000671. The molecular weight excluding hydrogens is 190 g/mol. The Bertz CT molecular complexity index is 279. The second-order valence-corrected chi connectivity index (χ2v) is 2.51. The highest BCUT2D eigenvalue weighted by Gasteiger charge is 2.03. The molecule has 0 radical (unpaired) electrons. The van der Waals surface area contributed by atoms with E-state index in [-0.39, 0.29) is 5.56 Å². The van der Waals surface area contributed by atoms with E-state index in [2.05, 4.69) is 0 Å². The Hall–Kier alpha value is -1.22. The van der Waals surface area contributed by atoms with Gasteiger partial charge in [0.05, 0.1) is 5.56 Å². The van der Waals surface area contributed by atoms with E-state index in [9.17, 15) is 4.79 Å². The Morgan fingerprint density at radius 2 is 1.92 bits per heavy atom. The van der Waals surface area contributed by atoms with Gasteiger partial charge in [0.25, 0.3) is 0 Å². The molecule has 0 aromatic heterocycles. The molecule has 4 heteroatoms. The summed E-state index contributed by atoms with van der Waals surface area (Å²) in [6.45, 7) is 4.00. The molecule has 0 aliphatic carbocycles. The van der Waals surface area contributed by atoms with Crippen LogP contribution in [-0.2, 0) is 0 Å². The van der Waals surface area contributed by atoms with Crippen LogP contribution in [0.2, 0.25) is 5.02 Å². The van der Waals surface area contributed by atoms with Gasteiger partial charge in [0.1, 0.15) is 0 Å². The maximum atomic E-state index is 10.4. The van der Waals surface area contributed by atoms with Gasteiger partial charge in [-0.3, -0.25) is 0 Å². The van der Waals surface area contributed by atoms with Crippen molar-refractivity contribution in [1.29, 1.82) is 0 Å². The number of aromatic carboxylic acids is 1. The van der Waals surface area contributed by atoms with Gasteiger partial charge in [-0.05, 0) is 18.2 Å². The zero-order valence-electron chi connectivity index (χ0n) is 7.54. The summed E-state index contributed by atoms with van der Waals surface area (Å²) >= 11 is 5.55. The van der Waals surface area contributed by atoms with Crippen LogP contribution in [0.4, 0.5) is 5.69 Å². The average molecular weight is 202 g/mol. The number of nitrogens with two attached hydrogens (primary N) is 1. The molecular formula is C9H12ClNO2. The van der Waals surface area contributed by atoms with E-state index in [0.717, 1.165) is 0 Å². The van der Waals surface area contributed by atoms with Crippen LogP contribution in [0, 0.1) is 0 Å². The zero-order chi connectivity index (χ0) is 10.4. The van der Waals surface area contributed by atoms with Crippen molar-refractivity contribution in [2.45, 2.75) is 13.8 Å². The SMILES string of the molecule is CC.Nc1cc(Cl)cc(C(=O)O)c1. The fraction of sp³-hybridized carbons (Fsp3) is 0.222. The lowest BCUT2D eigenvalue weighted by Gasteiger charge is -1.97. The molecule has 0 fully saturated rings. The number of benzene rings is 1. The van der Waals surface area contributed by atoms with E-state index in [1.165, 1.54) is 18.2 Å². The molecule has 0 atom stereocenters. The van der Waals surface area contributed by atoms with Crippen molar-refractivity contribution in [3.8, 4) is 0 Å². The lowest BCUT2D eigenvalue weighted by molar-refractivity contribution is 0.0697. The maximum absolute atomic E-state index is 10.4. The number of rotatable bonds is 1. The van der Waals surface area contributed by atoms with E-state index >= 15 is 0 Å². The fourth-order valence-corrected chi connectivity index (χ4v) is 0.979. The molecule has 13 heavy (non-hydrogen) atoms. The highest BCUT2D eigenvalue weighted by molar-refractivity contribution is 6.31. The number of hydrogen-bond acceptors (Lipinski definition) is 2. The third-order valence-electron chi connectivity index (χ3n) is 1.17. The molecule has 0 bridgehead atoms. The Morgan fingerprint density at radius 3 is 2.31 bits per heavy atom. The molecule has 0 amide bonds. The molecule has 0 saturated heterocycles. The van der Waals surface area contributed by atoms with E-state index in [1.807, 2.05) is 13.8 Å². The third kappa shape index (κ3) is 3.80. The summed E-state index contributed by atoms with van der Waals surface area (Å²) in [6, 6.07) is 4.20. The fourth-order valence-electron chi connectivity index (χ4n) is 0.736. The van der Waals surface area contributed by atoms with Gasteiger partial charge in [0, 0.05) is 10.7 Å². The average Bonchev–Trinajstić information content (AvgIpc) is 2.06. The summed E-state index contributed by atoms with van der Waals surface area (Å²) < 4.78 is 0. The monoisotopic (exact) mass is 201 g/mol. The Morgan fingerprint density at radius 1 is 1.38 bits per heavy atom. The van der Waals surface area contributed by atoms with Crippen molar-refractivity contribution >= 4 is 23.3 Å². The Kier molecular flexibility index (Phi) is 4.92. The van der Waals surface area contributed by atoms with Crippen molar-refractivity contribution in [2.24, 2.45) is 0 Å². The lowest BCUT2D eigenvalue weighted by Crippen LogP contribution is -1.97. The molecule has 0 unspecified atom stereocenters. The standard InChI is InChI=1S/C7H6ClNO2.C2H6/c8-5-1-4(7(10)11)2-6(9)3-5;1-2/h1-3H,9H2,(H,10,11);1-2H3. The molecule has 0 spiro atoms. The van der Waals surface area contributed by atoms with Crippen molar-refractivity contribution in [3.05, 3.63) is 28.8 Å². The minimum absolute atomic E-state index is 0.106. The summed E-state index contributed by atoms with van der Waals surface area (Å²) in [5.74, 6) is -1.03. The maximum Gasteiger partial charge on any atom is 0.335 e. The second kappa shape index (κ2) is 5.43. The molecule has 0 aliphatic rings. The predicted molar refractivity (Wildman–Crippen MR) is 54.2 cm³/mol. The van der Waals surface area contributed by atoms with Gasteiger partial charge in [-0.2, -0.15) is 0 Å². The van der Waals surface area contributed by atoms with Gasteiger partial charge in [-0.25, -0.2) is 4.79 Å². The van der Waals surface area contributed by atoms with E-state index < -0.39 is 5.97 Å². The first kappa shape index (κ1) is 11.8. The first-order valence-electron chi connectivity index (χ1n) is 3.89. The zero-order valence-corrected chi connectivity index (χ0v) is 8.30. The predicted octanol–water partition coefficient (Wildman–Crippen LogP) is 2.65. The van der Waals surface area contributed by atoms with Crippen molar-refractivity contribution < 1.29 is 9.90 Å². The van der Waals surface area contributed by atoms with Gasteiger partial charge in [0.2, 0.25) is 0 Å². The molecule has 3 nitrogen and oxygen atoms in total. The van der Waals surface area contributed by atoms with Crippen LogP contribution in [0.5, 0.6) is 0 Å². The topological polar surface area (TPSA) is 63.3 Å². The van der Waals surface area contributed by atoms with Crippen LogP contribution in [0.15, 0.2) is 18.2 Å². The largest absolute Gasteiger partial charge is 0.478 e. The van der Waals surface area contributed by atoms with Crippen LogP contribution in [0.3, 0.4) is 0 Å². The summed E-state index contributed by atoms with van der Waals surface area (Å²) in [5, 5.41) is 8.86. The number of anilines is 1. The second-order valence-electron chi connectivity index (χ2n) is 2.08. The van der Waals surface area contributed by atoms with Gasteiger partial charge in [0.15, 0.2) is 0 Å². The van der Waals surface area contributed by atoms with Crippen molar-refractivity contribution in [3.63, 3.8) is 0 Å². The Labute approximate surface area is 82.1 Å². The molecule has 1 aromatic carbocycles. The van der Waals surface area contributed by atoms with Crippen LogP contribution in [-0.4, -0.2) is 11.1 Å². The van der Waals surface area contributed by atoms with Gasteiger partial charge >= 0.3 is 5.97 Å². The first-order chi connectivity index (χ1) is 6.09. The number of halogens is 1. The normalized spacial score (nSPS) is 8.54. The number of hydrogen-bond donors (Lipinski definition) is 2. The number of carboxylic acid groups (broad SMARTS) is 1. The number of carboxylic acids is 1. The van der Waals surface area contributed by atoms with Crippen LogP contribution in [0.25, 0.3) is 0 Å². The first-order valence-corrected chi connectivity index (χ1v) is 4.27. The number of carbonyl (C=O) groups is 1. The highest BCUT2D eigenvalue weighted by atomic mass is 35.5. The van der Waals surface area contributed by atoms with Crippen LogP contribution < -0.4 is 5.73 Å². The van der Waals surface area contributed by atoms with Gasteiger partial charge in [-0.15, -0.1) is 0 Å². The third-order valence-corrected chi connectivity index (χ3v) is 1.39. The van der Waals surface area contributed by atoms with E-state index in [1.54, 1.807) is 0 Å². The van der Waals surface area contributed by atoms with Gasteiger partial charge < -0.3 is 10.8 Å². The summed E-state index contributed by atoms with van der Waals surface area (Å²) in [7, 11) is 0. The highest BCUT2D eigenvalue weighted by Crippen LogP contribution is 2.16. The summed E-state index contributed by atoms with van der Waals surface area (Å²) in [4.78, 5) is 10.4. The van der Waals surface area contributed by atoms with Gasteiger partial charge in [-0.1, -0.05) is 25.4 Å². The van der Waals surface area contributed by atoms with Crippen molar-refractivity contribution in [1.82, 2.24) is 0 Å². The molecule has 72 valence electrons. The van der Waals surface area contributed by atoms with Crippen LogP contribution >= 0.6 is 11.6 Å². The number of nitrogen functional groups attached to an aromatic ring is 1. The van der Waals surface area contributed by atoms with E-state index in [0.29, 0.717) is 10.7 Å². The van der Waals surface area contributed by atoms with E-state index in [4.69, 9.17) is 22.4 Å². The lowest BCUT2D eigenvalue weighted by atomic mass is 10.2.